The van der Waals surface area contributed by atoms with Crippen LogP contribution in [0.15, 0.2) is 297 Å². The highest BCUT2D eigenvalue weighted by atomic mass is 15.2. The molecule has 0 aliphatic heterocycles. The van der Waals surface area contributed by atoms with Gasteiger partial charge in [0.25, 0.3) is 0 Å². The van der Waals surface area contributed by atoms with Crippen LogP contribution in [-0.2, 0) is 16.2 Å². The number of hydrogen-bond acceptors (Lipinski definition) is 2. The van der Waals surface area contributed by atoms with Crippen molar-refractivity contribution in [2.24, 2.45) is 0 Å². The number of aromatic nitrogens is 5. The molecule has 14 aromatic carbocycles. The molecule has 21 rings (SSSR count). The Hall–Kier alpha value is -12.2. The summed E-state index contributed by atoms with van der Waals surface area (Å²) in [6.45, 7) is 14.1. The molecular weight excluding hydrogens is 1210 g/mol. The Morgan fingerprint density at radius 1 is 0.230 bits per heavy atom. The van der Waals surface area contributed by atoms with Gasteiger partial charge >= 0.3 is 0 Å². The van der Waals surface area contributed by atoms with Gasteiger partial charge in [0, 0.05) is 65.9 Å². The summed E-state index contributed by atoms with van der Waals surface area (Å²) in [6, 6.07) is 111. The first kappa shape index (κ1) is 56.9. The zero-order valence-corrected chi connectivity index (χ0v) is 56.5. The molecule has 0 saturated heterocycles. The second kappa shape index (κ2) is 20.5. The van der Waals surface area contributed by atoms with Crippen molar-refractivity contribution in [3.05, 3.63) is 331 Å². The van der Waals surface area contributed by atoms with Crippen molar-refractivity contribution in [3.8, 4) is 95.5 Å². The lowest BCUT2D eigenvalue weighted by molar-refractivity contribution is 0.660. The lowest BCUT2D eigenvalue weighted by atomic mass is 9.82. The molecule has 3 aliphatic rings. The maximum Gasteiger partial charge on any atom is 0.237 e. The molecule has 5 nitrogen and oxygen atoms in total. The number of fused-ring (bicyclic) bond motifs is 19. The Bertz CT molecular complexity index is 6390. The molecular formula is C95H67N5. The topological polar surface area (TPSA) is 40.6 Å². The van der Waals surface area contributed by atoms with Crippen LogP contribution >= 0.6 is 0 Å². The van der Waals surface area contributed by atoms with Crippen LogP contribution in [0.3, 0.4) is 0 Å². The normalized spacial score (nSPS) is 14.3. The number of nitrogens with zero attached hydrogens (tertiary/aromatic N) is 5. The van der Waals surface area contributed by atoms with E-state index < -0.39 is 0 Å². The molecule has 0 fully saturated rings. The van der Waals surface area contributed by atoms with E-state index in [1.807, 2.05) is 0 Å². The summed E-state index contributed by atoms with van der Waals surface area (Å²) < 4.78 is 7.15. The van der Waals surface area contributed by atoms with Crippen LogP contribution in [-0.4, -0.2) is 23.7 Å². The second-order valence-electron chi connectivity index (χ2n) is 29.7. The minimum absolute atomic E-state index is 0.0527. The maximum atomic E-state index is 5.85. The smallest absolute Gasteiger partial charge is 0.237 e. The quantitative estimate of drug-likeness (QED) is 0.160. The van der Waals surface area contributed by atoms with Crippen LogP contribution in [0, 0.1) is 0 Å². The Balaban J connectivity index is 0.743. The van der Waals surface area contributed by atoms with E-state index in [-0.39, 0.29) is 16.2 Å². The SMILES string of the molecule is CC1(C)c2ccccc2-c2cc(-c3ccc4c5ccccc5n(-c5ccc6cc(-c7cc(-n8c9ccccc9c9ccc(-c%10ccc%11c(c%10)-c%10ccccc%10C%11(C)C)cc98)nc(-n8c9ccccc9c9ccc(-c%10ccc%11c(c%10)-c%10ccccc%10C%11(C)C)cc98)n7)ccc6c5)c4c3)ccc21. The summed E-state index contributed by atoms with van der Waals surface area (Å²) in [5, 5.41) is 9.33. The van der Waals surface area contributed by atoms with Gasteiger partial charge in [0.1, 0.15) is 5.82 Å². The molecule has 0 unspecified atom stereocenters. The molecule has 4 aromatic heterocycles. The molecule has 0 amide bonds. The second-order valence-corrected chi connectivity index (χ2v) is 29.7. The fourth-order valence-corrected chi connectivity index (χ4v) is 18.2. The third kappa shape index (κ3) is 8.00. The van der Waals surface area contributed by atoms with E-state index in [4.69, 9.17) is 9.97 Å². The van der Waals surface area contributed by atoms with Gasteiger partial charge < -0.3 is 4.57 Å². The molecule has 100 heavy (non-hydrogen) atoms. The summed E-state index contributed by atoms with van der Waals surface area (Å²) in [7, 11) is 0. The molecule has 0 spiro atoms. The zero-order chi connectivity index (χ0) is 66.7. The summed E-state index contributed by atoms with van der Waals surface area (Å²) in [5.74, 6) is 1.38. The molecule has 3 aliphatic carbocycles. The average molecular weight is 1280 g/mol. The average Bonchev–Trinajstić information content (AvgIpc) is 1.58. The van der Waals surface area contributed by atoms with Crippen molar-refractivity contribution in [1.29, 1.82) is 0 Å². The molecule has 18 aromatic rings. The van der Waals surface area contributed by atoms with Crippen LogP contribution in [0.1, 0.15) is 74.9 Å². The first-order chi connectivity index (χ1) is 48.8. The molecule has 0 radical (unpaired) electrons. The van der Waals surface area contributed by atoms with Gasteiger partial charge in [0.2, 0.25) is 5.95 Å². The van der Waals surface area contributed by atoms with E-state index >= 15 is 0 Å². The van der Waals surface area contributed by atoms with E-state index in [2.05, 4.69) is 352 Å². The summed E-state index contributed by atoms with van der Waals surface area (Å²) in [6.07, 6.45) is 0. The highest BCUT2D eigenvalue weighted by molar-refractivity contribution is 6.13. The van der Waals surface area contributed by atoms with Crippen molar-refractivity contribution in [2.45, 2.75) is 57.8 Å². The van der Waals surface area contributed by atoms with Crippen molar-refractivity contribution in [3.63, 3.8) is 0 Å². The summed E-state index contributed by atoms with van der Waals surface area (Å²) >= 11 is 0. The van der Waals surface area contributed by atoms with Gasteiger partial charge in [-0.3, -0.25) is 9.13 Å². The van der Waals surface area contributed by atoms with Crippen LogP contribution < -0.4 is 0 Å². The molecule has 0 atom stereocenters. The lowest BCUT2D eigenvalue weighted by Gasteiger charge is -2.21. The Labute approximate surface area is 580 Å². The van der Waals surface area contributed by atoms with Gasteiger partial charge in [-0.1, -0.05) is 260 Å². The zero-order valence-electron chi connectivity index (χ0n) is 56.5. The Morgan fingerprint density at radius 2 is 0.570 bits per heavy atom. The molecule has 472 valence electrons. The first-order valence-electron chi connectivity index (χ1n) is 35.1. The lowest BCUT2D eigenvalue weighted by Crippen LogP contribution is -2.14. The van der Waals surface area contributed by atoms with Crippen LogP contribution in [0.2, 0.25) is 0 Å². The van der Waals surface area contributed by atoms with Crippen molar-refractivity contribution in [1.82, 2.24) is 23.7 Å². The molecule has 4 heterocycles. The third-order valence-electron chi connectivity index (χ3n) is 23.3. The third-order valence-corrected chi connectivity index (χ3v) is 23.3. The van der Waals surface area contributed by atoms with Gasteiger partial charge in [-0.05, 0) is 184 Å². The molecule has 5 heteroatoms. The van der Waals surface area contributed by atoms with Gasteiger partial charge in [0.05, 0.1) is 38.8 Å². The number of benzene rings is 14. The largest absolute Gasteiger partial charge is 0.309 e. The van der Waals surface area contributed by atoms with Crippen molar-refractivity contribution in [2.75, 3.05) is 0 Å². The van der Waals surface area contributed by atoms with Gasteiger partial charge in [0.15, 0.2) is 0 Å². The van der Waals surface area contributed by atoms with Crippen LogP contribution in [0.5, 0.6) is 0 Å². The van der Waals surface area contributed by atoms with E-state index in [9.17, 15) is 0 Å². The molecule has 0 bridgehead atoms. The number of para-hydroxylation sites is 3. The highest BCUT2D eigenvalue weighted by Gasteiger charge is 2.38. The van der Waals surface area contributed by atoms with E-state index in [1.165, 1.54) is 111 Å². The predicted octanol–water partition coefficient (Wildman–Crippen LogP) is 24.5. The van der Waals surface area contributed by atoms with Crippen LogP contribution in [0.4, 0.5) is 0 Å². The standard InChI is InChI=1S/C95H67N5/c1-93(2)78-25-13-7-19-66(78)75-49-58(37-44-81(75)93)61-34-41-72-69-22-10-16-28-85(69)98(88(72)52-61)65-40-33-56-47-64(32-31-57(56)48-65)84-55-91(99-86-29-17-11-23-70(86)73-42-35-62(53-89(73)99)59-38-45-82-76(50-59)67-20-8-14-26-79(67)94(82,3)4)97-92(96-84)100-87-30-18-12-24-71(87)74-43-36-63(54-90(74)100)60-39-46-83-77(51-60)68-21-9-15-27-80(68)95(83,5)6/h7-55H,1-6H3. The van der Waals surface area contributed by atoms with E-state index in [0.717, 1.165) is 88.3 Å². The fourth-order valence-electron chi connectivity index (χ4n) is 18.2. The Kier molecular flexibility index (Phi) is 11.6. The van der Waals surface area contributed by atoms with E-state index in [1.54, 1.807) is 0 Å². The van der Waals surface area contributed by atoms with Crippen molar-refractivity contribution < 1.29 is 0 Å². The Morgan fingerprint density at radius 3 is 1.05 bits per heavy atom. The minimum atomic E-state index is -0.0893. The molecule has 0 N–H and O–H groups in total. The van der Waals surface area contributed by atoms with E-state index in [0.29, 0.717) is 5.95 Å². The van der Waals surface area contributed by atoms with Gasteiger partial charge in [-0.15, -0.1) is 0 Å². The monoisotopic (exact) mass is 1280 g/mol. The molecule has 0 saturated carbocycles. The fraction of sp³-hybridized carbons (Fsp3) is 0.0947. The van der Waals surface area contributed by atoms with Gasteiger partial charge in [-0.25, -0.2) is 4.98 Å². The summed E-state index contributed by atoms with van der Waals surface area (Å²) in [4.78, 5) is 11.6. The maximum absolute atomic E-state index is 5.85. The summed E-state index contributed by atoms with van der Waals surface area (Å²) in [5.41, 5.74) is 32.5. The number of hydrogen-bond donors (Lipinski definition) is 0. The van der Waals surface area contributed by atoms with Crippen LogP contribution in [0.25, 0.3) is 172 Å². The minimum Gasteiger partial charge on any atom is -0.309 e. The number of rotatable bonds is 7. The highest BCUT2D eigenvalue weighted by Crippen LogP contribution is 2.53. The van der Waals surface area contributed by atoms with Gasteiger partial charge in [-0.2, -0.15) is 4.98 Å². The first-order valence-corrected chi connectivity index (χ1v) is 35.1. The predicted molar refractivity (Wildman–Crippen MR) is 417 cm³/mol. The van der Waals surface area contributed by atoms with Crippen molar-refractivity contribution >= 4 is 76.2 Å².